The average Bonchev–Trinajstić information content (AvgIpc) is 3.33. The number of amides is 1. The molecule has 1 aromatic rings. The van der Waals surface area contributed by atoms with E-state index in [-0.39, 0.29) is 25.6 Å². The van der Waals surface area contributed by atoms with Crippen LogP contribution in [0.4, 0.5) is 4.79 Å². The van der Waals surface area contributed by atoms with E-state index >= 15 is 0 Å². The van der Waals surface area contributed by atoms with Crippen molar-refractivity contribution in [3.8, 4) is 5.75 Å². The number of rotatable bonds is 8. The van der Waals surface area contributed by atoms with Crippen molar-refractivity contribution in [2.24, 2.45) is 17.8 Å². The largest absolute Gasteiger partial charge is 0.481 e. The zero-order valence-electron chi connectivity index (χ0n) is 16.5. The number of carboxylic acids is 1. The van der Waals surface area contributed by atoms with Gasteiger partial charge in [0, 0.05) is 12.8 Å². The van der Waals surface area contributed by atoms with Crippen LogP contribution < -0.4 is 10.1 Å². The number of carbonyl (C=O) groups is 4. The molecule has 2 aliphatic carbocycles. The van der Waals surface area contributed by atoms with E-state index in [1.807, 2.05) is 0 Å². The highest BCUT2D eigenvalue weighted by molar-refractivity contribution is 5.90. The van der Waals surface area contributed by atoms with Gasteiger partial charge in [-0.05, 0) is 36.5 Å². The second-order valence-corrected chi connectivity index (χ2v) is 7.39. The van der Waals surface area contributed by atoms with Crippen molar-refractivity contribution < 1.29 is 38.5 Å². The van der Waals surface area contributed by atoms with Crippen LogP contribution in [0.25, 0.3) is 0 Å². The van der Waals surface area contributed by atoms with E-state index in [4.69, 9.17) is 14.2 Å². The Morgan fingerprint density at radius 2 is 1.93 bits per heavy atom. The SMILES string of the molecule is C=CCOC(=O)NC1(C(=O)OCc2ccc(OC(C)=O)cc2)CCC2C(C(=O)O)C21. The first-order valence-electron chi connectivity index (χ1n) is 9.51. The highest BCUT2D eigenvalue weighted by atomic mass is 16.6. The molecule has 0 aromatic heterocycles. The van der Waals surface area contributed by atoms with Gasteiger partial charge in [0.2, 0.25) is 0 Å². The van der Waals surface area contributed by atoms with Crippen molar-refractivity contribution in [1.29, 1.82) is 0 Å². The van der Waals surface area contributed by atoms with Crippen LogP contribution in [0.2, 0.25) is 0 Å². The summed E-state index contributed by atoms with van der Waals surface area (Å²) < 4.78 is 15.3. The summed E-state index contributed by atoms with van der Waals surface area (Å²) in [5.74, 6) is -3.19. The quantitative estimate of drug-likeness (QED) is 0.374. The van der Waals surface area contributed by atoms with Crippen molar-refractivity contribution in [2.45, 2.75) is 31.9 Å². The van der Waals surface area contributed by atoms with E-state index in [2.05, 4.69) is 11.9 Å². The van der Waals surface area contributed by atoms with Crippen LogP contribution in [0.1, 0.15) is 25.3 Å². The molecular formula is C21H23NO8. The molecule has 0 aliphatic heterocycles. The van der Waals surface area contributed by atoms with Crippen LogP contribution in [-0.2, 0) is 30.5 Å². The number of ether oxygens (including phenoxy) is 3. The predicted octanol–water partition coefficient (Wildman–Crippen LogP) is 2.05. The number of benzene rings is 1. The van der Waals surface area contributed by atoms with Gasteiger partial charge in [0.15, 0.2) is 0 Å². The summed E-state index contributed by atoms with van der Waals surface area (Å²) >= 11 is 0. The Labute approximate surface area is 173 Å². The van der Waals surface area contributed by atoms with Crippen LogP contribution in [0.5, 0.6) is 5.75 Å². The molecule has 2 aliphatic rings. The Morgan fingerprint density at radius 3 is 2.50 bits per heavy atom. The number of hydrogen-bond acceptors (Lipinski definition) is 7. The number of hydrogen-bond donors (Lipinski definition) is 2. The number of esters is 2. The molecule has 9 heteroatoms. The molecule has 0 spiro atoms. The number of carboxylic acid groups (broad SMARTS) is 1. The van der Waals surface area contributed by atoms with E-state index in [9.17, 15) is 24.3 Å². The summed E-state index contributed by atoms with van der Waals surface area (Å²) in [5, 5.41) is 12.0. The summed E-state index contributed by atoms with van der Waals surface area (Å²) in [6.07, 6.45) is 1.34. The zero-order chi connectivity index (χ0) is 21.9. The third kappa shape index (κ3) is 4.29. The van der Waals surface area contributed by atoms with Crippen molar-refractivity contribution in [1.82, 2.24) is 5.32 Å². The van der Waals surface area contributed by atoms with Gasteiger partial charge in [-0.2, -0.15) is 0 Å². The minimum atomic E-state index is -1.44. The van der Waals surface area contributed by atoms with Crippen LogP contribution in [0, 0.1) is 17.8 Å². The predicted molar refractivity (Wildman–Crippen MR) is 102 cm³/mol. The lowest BCUT2D eigenvalue weighted by atomic mass is 9.90. The Bertz CT molecular complexity index is 864. The topological polar surface area (TPSA) is 128 Å². The fourth-order valence-corrected chi connectivity index (χ4v) is 4.19. The van der Waals surface area contributed by atoms with Crippen LogP contribution in [-0.4, -0.2) is 41.3 Å². The maximum absolute atomic E-state index is 13.0. The number of aliphatic carboxylic acids is 1. The molecule has 1 aromatic carbocycles. The fourth-order valence-electron chi connectivity index (χ4n) is 4.19. The van der Waals surface area contributed by atoms with Gasteiger partial charge in [0.05, 0.1) is 5.92 Å². The van der Waals surface area contributed by atoms with E-state index in [1.165, 1.54) is 13.0 Å². The maximum Gasteiger partial charge on any atom is 0.408 e. The highest BCUT2D eigenvalue weighted by Gasteiger charge is 2.72. The molecular weight excluding hydrogens is 394 g/mol. The van der Waals surface area contributed by atoms with E-state index < -0.39 is 41.4 Å². The van der Waals surface area contributed by atoms with Gasteiger partial charge < -0.3 is 24.6 Å². The first kappa shape index (κ1) is 21.4. The molecule has 160 valence electrons. The molecule has 1 amide bonds. The Balaban J connectivity index is 1.70. The summed E-state index contributed by atoms with van der Waals surface area (Å²) in [4.78, 5) is 47.6. The van der Waals surface area contributed by atoms with Crippen LogP contribution in [0.15, 0.2) is 36.9 Å². The lowest BCUT2D eigenvalue weighted by Gasteiger charge is -2.30. The number of fused-ring (bicyclic) bond motifs is 1. The molecule has 0 radical (unpaired) electrons. The second-order valence-electron chi connectivity index (χ2n) is 7.39. The van der Waals surface area contributed by atoms with Crippen molar-refractivity contribution in [2.75, 3.05) is 6.61 Å². The van der Waals surface area contributed by atoms with E-state index in [0.29, 0.717) is 17.7 Å². The summed E-state index contributed by atoms with van der Waals surface area (Å²) in [6.45, 7) is 4.63. The molecule has 0 bridgehead atoms. The van der Waals surface area contributed by atoms with Gasteiger partial charge in [-0.15, -0.1) is 0 Å². The standard InChI is InChI=1S/C21H23NO8/c1-3-10-28-20(27)22-21(9-8-15-16(17(15)21)18(24)25)19(26)29-11-13-4-6-14(7-5-13)30-12(2)23/h3-7,15-17H,1,8-11H2,2H3,(H,22,27)(H,24,25). The normalized spacial score (nSPS) is 26.1. The lowest BCUT2D eigenvalue weighted by Crippen LogP contribution is -2.56. The Hall–Kier alpha value is -3.36. The summed E-state index contributed by atoms with van der Waals surface area (Å²) in [5.41, 5.74) is -0.798. The van der Waals surface area contributed by atoms with Gasteiger partial charge in [-0.3, -0.25) is 9.59 Å². The van der Waals surface area contributed by atoms with Gasteiger partial charge in [-0.25, -0.2) is 9.59 Å². The maximum atomic E-state index is 13.0. The minimum Gasteiger partial charge on any atom is -0.481 e. The zero-order valence-corrected chi connectivity index (χ0v) is 16.5. The first-order chi connectivity index (χ1) is 14.3. The Kier molecular flexibility index (Phi) is 6.09. The van der Waals surface area contributed by atoms with Crippen molar-refractivity contribution in [3.05, 3.63) is 42.5 Å². The summed E-state index contributed by atoms with van der Waals surface area (Å²) in [7, 11) is 0. The number of carbonyl (C=O) groups excluding carboxylic acids is 3. The highest BCUT2D eigenvalue weighted by Crippen LogP contribution is 2.62. The fraction of sp³-hybridized carbons (Fsp3) is 0.429. The first-order valence-corrected chi connectivity index (χ1v) is 9.51. The molecule has 2 saturated carbocycles. The monoisotopic (exact) mass is 417 g/mol. The third-order valence-electron chi connectivity index (χ3n) is 5.47. The number of alkyl carbamates (subject to hydrolysis) is 1. The van der Waals surface area contributed by atoms with Crippen molar-refractivity contribution >= 4 is 24.0 Å². The van der Waals surface area contributed by atoms with Gasteiger partial charge in [0.1, 0.15) is 24.5 Å². The molecule has 30 heavy (non-hydrogen) atoms. The Morgan fingerprint density at radius 1 is 1.23 bits per heavy atom. The second kappa shape index (κ2) is 8.56. The molecule has 0 saturated heterocycles. The van der Waals surface area contributed by atoms with Crippen molar-refractivity contribution in [3.63, 3.8) is 0 Å². The molecule has 9 nitrogen and oxygen atoms in total. The van der Waals surface area contributed by atoms with E-state index in [0.717, 1.165) is 0 Å². The molecule has 4 atom stereocenters. The molecule has 2 N–H and O–H groups in total. The van der Waals surface area contributed by atoms with E-state index in [1.54, 1.807) is 24.3 Å². The summed E-state index contributed by atoms with van der Waals surface area (Å²) in [6, 6.07) is 6.41. The number of nitrogens with one attached hydrogen (secondary N) is 1. The third-order valence-corrected chi connectivity index (χ3v) is 5.47. The minimum absolute atomic E-state index is 0.0396. The van der Waals surface area contributed by atoms with Crippen LogP contribution in [0.3, 0.4) is 0 Å². The van der Waals surface area contributed by atoms with Gasteiger partial charge in [-0.1, -0.05) is 24.8 Å². The molecule has 3 rings (SSSR count). The van der Waals surface area contributed by atoms with Crippen LogP contribution >= 0.6 is 0 Å². The lowest BCUT2D eigenvalue weighted by molar-refractivity contribution is -0.154. The average molecular weight is 417 g/mol. The molecule has 0 heterocycles. The van der Waals surface area contributed by atoms with Gasteiger partial charge in [0.25, 0.3) is 0 Å². The smallest absolute Gasteiger partial charge is 0.408 e. The molecule has 4 unspecified atom stereocenters. The molecule has 2 fully saturated rings. The van der Waals surface area contributed by atoms with Gasteiger partial charge >= 0.3 is 24.0 Å².